The molecule has 2 unspecified atom stereocenters. The average Bonchev–Trinajstić information content (AvgIpc) is 3.27. The molecule has 2 atom stereocenters. The van der Waals surface area contributed by atoms with Crippen LogP contribution in [-0.4, -0.2) is 61.1 Å². The van der Waals surface area contributed by atoms with Gasteiger partial charge in [-0.25, -0.2) is 9.78 Å². The molecule has 7 nitrogen and oxygen atoms in total. The number of nitrogens with zero attached hydrogens (tertiary/aromatic N) is 3. The predicted molar refractivity (Wildman–Crippen MR) is 115 cm³/mol. The Morgan fingerprint density at radius 2 is 2.21 bits per heavy atom. The van der Waals surface area contributed by atoms with Gasteiger partial charge in [-0.15, -0.1) is 11.3 Å². The highest BCUT2D eigenvalue weighted by molar-refractivity contribution is 7.13. The lowest BCUT2D eigenvalue weighted by Crippen LogP contribution is -2.39. The number of aryl methyl sites for hydroxylation is 1. The maximum atomic E-state index is 12.0. The van der Waals surface area contributed by atoms with Gasteiger partial charge in [0.25, 0.3) is 0 Å². The van der Waals surface area contributed by atoms with E-state index in [4.69, 9.17) is 9.73 Å². The molecule has 0 spiro atoms. The monoisotopic (exact) mass is 409 g/mol. The third-order valence-electron chi connectivity index (χ3n) is 4.76. The van der Waals surface area contributed by atoms with Gasteiger partial charge >= 0.3 is 5.97 Å². The highest BCUT2D eigenvalue weighted by Crippen LogP contribution is 2.24. The van der Waals surface area contributed by atoms with Crippen molar-refractivity contribution in [3.63, 3.8) is 0 Å². The largest absolute Gasteiger partial charge is 0.462 e. The molecule has 0 saturated carbocycles. The van der Waals surface area contributed by atoms with Crippen LogP contribution in [-0.2, 0) is 4.74 Å². The molecule has 2 heterocycles. The SMILES string of the molecule is CCCN1CCC(CN=C(NCC)NC(C)c2nc(C)c(C(=O)OCC)s2)C1. The van der Waals surface area contributed by atoms with Crippen molar-refractivity contribution in [3.05, 3.63) is 15.6 Å². The summed E-state index contributed by atoms with van der Waals surface area (Å²) in [6, 6.07) is -0.0372. The second-order valence-corrected chi connectivity index (χ2v) is 8.26. The van der Waals surface area contributed by atoms with Crippen LogP contribution in [0.2, 0.25) is 0 Å². The van der Waals surface area contributed by atoms with Gasteiger partial charge in [0.15, 0.2) is 5.96 Å². The quantitative estimate of drug-likeness (QED) is 0.371. The number of carbonyl (C=O) groups excluding carboxylic acids is 1. The Bertz CT molecular complexity index is 661. The summed E-state index contributed by atoms with van der Waals surface area (Å²) >= 11 is 1.39. The number of hydrogen-bond acceptors (Lipinski definition) is 6. The number of ether oxygens (including phenoxy) is 1. The van der Waals surface area contributed by atoms with Crippen LogP contribution in [0.4, 0.5) is 0 Å². The van der Waals surface area contributed by atoms with Crippen LogP contribution in [0.1, 0.15) is 67.0 Å². The third kappa shape index (κ3) is 6.44. The molecule has 0 aliphatic carbocycles. The molecule has 0 bridgehead atoms. The summed E-state index contributed by atoms with van der Waals surface area (Å²) in [5.74, 6) is 1.12. The van der Waals surface area contributed by atoms with E-state index in [0.29, 0.717) is 17.4 Å². The summed E-state index contributed by atoms with van der Waals surface area (Å²) in [5, 5.41) is 7.61. The molecular formula is C20H35N5O2S. The van der Waals surface area contributed by atoms with Crippen LogP contribution in [0.15, 0.2) is 4.99 Å². The minimum atomic E-state index is -0.297. The van der Waals surface area contributed by atoms with E-state index in [2.05, 4.69) is 34.4 Å². The smallest absolute Gasteiger partial charge is 0.350 e. The number of rotatable bonds is 9. The Morgan fingerprint density at radius 1 is 1.43 bits per heavy atom. The van der Waals surface area contributed by atoms with E-state index in [9.17, 15) is 4.79 Å². The van der Waals surface area contributed by atoms with Crippen LogP contribution in [0, 0.1) is 12.8 Å². The lowest BCUT2D eigenvalue weighted by atomic mass is 10.1. The van der Waals surface area contributed by atoms with Crippen molar-refractivity contribution in [2.75, 3.05) is 39.3 Å². The Balaban J connectivity index is 1.97. The lowest BCUT2D eigenvalue weighted by molar-refractivity contribution is 0.0531. The van der Waals surface area contributed by atoms with Crippen molar-refractivity contribution < 1.29 is 9.53 Å². The predicted octanol–water partition coefficient (Wildman–Crippen LogP) is 2.98. The fraction of sp³-hybridized carbons (Fsp3) is 0.750. The number of aliphatic imine (C=N–C) groups is 1. The molecule has 1 saturated heterocycles. The standard InChI is InChI=1S/C20H35N5O2S/c1-6-10-25-11-9-16(13-25)12-22-20(21-7-2)24-15(5)18-23-14(4)17(28-18)19(26)27-8-3/h15-16H,6-13H2,1-5H3,(H2,21,22,24). The van der Waals surface area contributed by atoms with Gasteiger partial charge in [-0.1, -0.05) is 6.92 Å². The first-order valence-electron chi connectivity index (χ1n) is 10.4. The fourth-order valence-corrected chi connectivity index (χ4v) is 4.34. The Kier molecular flexibility index (Phi) is 9.18. The number of esters is 1. The number of hydrogen-bond donors (Lipinski definition) is 2. The van der Waals surface area contributed by atoms with Crippen molar-refractivity contribution in [1.29, 1.82) is 0 Å². The van der Waals surface area contributed by atoms with Gasteiger partial charge in [0, 0.05) is 19.6 Å². The van der Waals surface area contributed by atoms with Crippen molar-refractivity contribution in [3.8, 4) is 0 Å². The fourth-order valence-electron chi connectivity index (χ4n) is 3.38. The van der Waals surface area contributed by atoms with Gasteiger partial charge in [0.2, 0.25) is 0 Å². The zero-order chi connectivity index (χ0) is 20.5. The highest BCUT2D eigenvalue weighted by atomic mass is 32.1. The molecular weight excluding hydrogens is 374 g/mol. The van der Waals surface area contributed by atoms with E-state index in [0.717, 1.165) is 36.3 Å². The highest BCUT2D eigenvalue weighted by Gasteiger charge is 2.22. The first-order chi connectivity index (χ1) is 13.5. The maximum absolute atomic E-state index is 12.0. The van der Waals surface area contributed by atoms with Crippen LogP contribution in [0.3, 0.4) is 0 Å². The van der Waals surface area contributed by atoms with Gasteiger partial charge < -0.3 is 20.3 Å². The van der Waals surface area contributed by atoms with Crippen molar-refractivity contribution >= 4 is 23.3 Å². The van der Waals surface area contributed by atoms with E-state index < -0.39 is 0 Å². The Labute approximate surface area is 173 Å². The zero-order valence-electron chi connectivity index (χ0n) is 17.9. The first kappa shape index (κ1) is 22.6. The molecule has 158 valence electrons. The number of thiazole rings is 1. The molecule has 1 aliphatic heterocycles. The second kappa shape index (κ2) is 11.4. The summed E-state index contributed by atoms with van der Waals surface area (Å²) in [6.45, 7) is 15.5. The number of guanidine groups is 1. The van der Waals surface area contributed by atoms with Crippen LogP contribution < -0.4 is 10.6 Å². The molecule has 1 aliphatic rings. The van der Waals surface area contributed by atoms with E-state index in [-0.39, 0.29) is 12.0 Å². The number of likely N-dealkylation sites (tertiary alicyclic amines) is 1. The molecule has 28 heavy (non-hydrogen) atoms. The maximum Gasteiger partial charge on any atom is 0.350 e. The van der Waals surface area contributed by atoms with E-state index >= 15 is 0 Å². The summed E-state index contributed by atoms with van der Waals surface area (Å²) in [4.78, 5) is 24.5. The topological polar surface area (TPSA) is 78.9 Å². The van der Waals surface area contributed by atoms with Gasteiger partial charge in [-0.2, -0.15) is 0 Å². The molecule has 1 aromatic heterocycles. The molecule has 8 heteroatoms. The van der Waals surface area contributed by atoms with E-state index in [1.54, 1.807) is 0 Å². The number of aromatic nitrogens is 1. The summed E-state index contributed by atoms with van der Waals surface area (Å²) in [5.41, 5.74) is 0.719. The van der Waals surface area contributed by atoms with Gasteiger partial charge in [-0.05, 0) is 59.5 Å². The Hall–Kier alpha value is -1.67. The van der Waals surface area contributed by atoms with Crippen LogP contribution >= 0.6 is 11.3 Å². The molecule has 0 radical (unpaired) electrons. The molecule has 1 fully saturated rings. The third-order valence-corrected chi connectivity index (χ3v) is 6.08. The van der Waals surface area contributed by atoms with Gasteiger partial charge in [-0.3, -0.25) is 4.99 Å². The van der Waals surface area contributed by atoms with Crippen LogP contribution in [0.25, 0.3) is 0 Å². The van der Waals surface area contributed by atoms with Crippen molar-refractivity contribution in [2.45, 2.75) is 53.5 Å². The normalized spacial score (nSPS) is 18.9. The van der Waals surface area contributed by atoms with Crippen molar-refractivity contribution in [2.24, 2.45) is 10.9 Å². The molecule has 1 aromatic rings. The molecule has 0 aromatic carbocycles. The average molecular weight is 410 g/mol. The zero-order valence-corrected chi connectivity index (χ0v) is 18.7. The number of carbonyl (C=O) groups is 1. The minimum absolute atomic E-state index is 0.0372. The summed E-state index contributed by atoms with van der Waals surface area (Å²) < 4.78 is 5.11. The molecule has 0 amide bonds. The van der Waals surface area contributed by atoms with Crippen LogP contribution in [0.5, 0.6) is 0 Å². The summed E-state index contributed by atoms with van der Waals surface area (Å²) in [7, 11) is 0. The Morgan fingerprint density at radius 3 is 2.89 bits per heavy atom. The van der Waals surface area contributed by atoms with Gasteiger partial charge in [0.05, 0.1) is 18.3 Å². The summed E-state index contributed by atoms with van der Waals surface area (Å²) in [6.07, 6.45) is 2.42. The molecule has 2 N–H and O–H groups in total. The number of nitrogens with one attached hydrogen (secondary N) is 2. The minimum Gasteiger partial charge on any atom is -0.462 e. The molecule has 2 rings (SSSR count). The second-order valence-electron chi connectivity index (χ2n) is 7.23. The van der Waals surface area contributed by atoms with Gasteiger partial charge in [0.1, 0.15) is 9.88 Å². The van der Waals surface area contributed by atoms with E-state index in [1.807, 2.05) is 20.8 Å². The first-order valence-corrected chi connectivity index (χ1v) is 11.2. The lowest BCUT2D eigenvalue weighted by Gasteiger charge is -2.17. The van der Waals surface area contributed by atoms with E-state index in [1.165, 1.54) is 37.3 Å². The van der Waals surface area contributed by atoms with Crippen molar-refractivity contribution in [1.82, 2.24) is 20.5 Å².